The number of hydrogen-bond acceptors (Lipinski definition) is 6. The first-order valence-electron chi connectivity index (χ1n) is 11.2. The van der Waals surface area contributed by atoms with Crippen molar-refractivity contribution in [3.63, 3.8) is 0 Å². The van der Waals surface area contributed by atoms with Crippen LogP contribution in [-0.2, 0) is 9.53 Å². The summed E-state index contributed by atoms with van der Waals surface area (Å²) in [5, 5.41) is 4.55. The normalized spacial score (nSPS) is 12.2. The molecule has 2 aromatic carbocycles. The highest BCUT2D eigenvalue weighted by Crippen LogP contribution is 2.22. The molecule has 1 atom stereocenters. The first kappa shape index (κ1) is 23.7. The molecule has 1 N–H and O–H groups in total. The molecular formula is C26H26N4O5. The quantitative estimate of drug-likeness (QED) is 0.327. The number of nitrogens with one attached hydrogen (secondary N) is 1. The third kappa shape index (κ3) is 4.79. The third-order valence-corrected chi connectivity index (χ3v) is 5.59. The van der Waals surface area contributed by atoms with Gasteiger partial charge in [0.1, 0.15) is 5.75 Å². The fourth-order valence-corrected chi connectivity index (χ4v) is 3.88. The lowest BCUT2D eigenvalue weighted by atomic mass is 10.2. The van der Waals surface area contributed by atoms with Gasteiger partial charge in [0.05, 0.1) is 23.7 Å². The van der Waals surface area contributed by atoms with Gasteiger partial charge < -0.3 is 19.0 Å². The first-order valence-corrected chi connectivity index (χ1v) is 11.2. The van der Waals surface area contributed by atoms with Crippen LogP contribution in [0.5, 0.6) is 5.75 Å². The van der Waals surface area contributed by atoms with Crippen LogP contribution in [0.3, 0.4) is 0 Å². The molecule has 0 aliphatic rings. The van der Waals surface area contributed by atoms with Crippen molar-refractivity contribution in [1.29, 1.82) is 0 Å². The van der Waals surface area contributed by atoms with Crippen molar-refractivity contribution < 1.29 is 14.3 Å². The molecule has 9 heteroatoms. The van der Waals surface area contributed by atoms with Crippen molar-refractivity contribution >= 4 is 23.1 Å². The largest absolute Gasteiger partial charge is 0.479 e. The topological polar surface area (TPSA) is 108 Å². The second-order valence-corrected chi connectivity index (χ2v) is 8.01. The molecule has 0 aliphatic carbocycles. The predicted octanol–water partition coefficient (Wildman–Crippen LogP) is 3.31. The van der Waals surface area contributed by atoms with E-state index in [9.17, 15) is 14.4 Å². The molecule has 0 radical (unpaired) electrons. The molecule has 35 heavy (non-hydrogen) atoms. The maximum Gasteiger partial charge on any atom is 0.349 e. The number of esters is 1. The van der Waals surface area contributed by atoms with Crippen molar-refractivity contribution in [2.45, 2.75) is 33.8 Å². The average molecular weight is 475 g/mol. The number of aryl methyl sites for hydroxylation is 1. The number of fused-ring (bicyclic) bond motifs is 1. The van der Waals surface area contributed by atoms with Gasteiger partial charge in [0.15, 0.2) is 6.10 Å². The van der Waals surface area contributed by atoms with Gasteiger partial charge in [-0.3, -0.25) is 4.79 Å². The van der Waals surface area contributed by atoms with E-state index < -0.39 is 23.3 Å². The fourth-order valence-electron chi connectivity index (χ4n) is 3.88. The maximum absolute atomic E-state index is 12.7. The molecule has 0 amide bonds. The Bertz CT molecular complexity index is 1530. The first-order chi connectivity index (χ1) is 16.8. The molecule has 0 bridgehead atoms. The van der Waals surface area contributed by atoms with Crippen molar-refractivity contribution in [2.24, 2.45) is 5.10 Å². The zero-order valence-electron chi connectivity index (χ0n) is 19.9. The third-order valence-electron chi connectivity index (χ3n) is 5.59. The Morgan fingerprint density at radius 1 is 1.11 bits per heavy atom. The maximum atomic E-state index is 12.7. The van der Waals surface area contributed by atoms with Crippen molar-refractivity contribution in [3.05, 3.63) is 92.4 Å². The summed E-state index contributed by atoms with van der Waals surface area (Å²) in [7, 11) is 0. The van der Waals surface area contributed by atoms with E-state index in [0.29, 0.717) is 23.3 Å². The molecule has 0 saturated carbocycles. The Morgan fingerprint density at radius 3 is 2.54 bits per heavy atom. The Kier molecular flexibility index (Phi) is 6.68. The van der Waals surface area contributed by atoms with Crippen LogP contribution in [0.25, 0.3) is 16.6 Å². The second kappa shape index (κ2) is 9.84. The van der Waals surface area contributed by atoms with Gasteiger partial charge in [0, 0.05) is 22.6 Å². The van der Waals surface area contributed by atoms with Crippen molar-refractivity contribution in [2.75, 3.05) is 6.61 Å². The highest BCUT2D eigenvalue weighted by Gasteiger charge is 2.16. The van der Waals surface area contributed by atoms with Gasteiger partial charge in [-0.05, 0) is 70.2 Å². The minimum absolute atomic E-state index is 0.299. The van der Waals surface area contributed by atoms with Gasteiger partial charge >= 0.3 is 11.7 Å². The average Bonchev–Trinajstić information content (AvgIpc) is 3.12. The van der Waals surface area contributed by atoms with E-state index in [0.717, 1.165) is 27.3 Å². The van der Waals surface area contributed by atoms with E-state index >= 15 is 0 Å². The summed E-state index contributed by atoms with van der Waals surface area (Å²) in [5.41, 5.74) is 2.85. The van der Waals surface area contributed by atoms with Crippen LogP contribution >= 0.6 is 0 Å². The van der Waals surface area contributed by atoms with E-state index in [2.05, 4.69) is 10.1 Å². The molecule has 180 valence electrons. The van der Waals surface area contributed by atoms with Crippen LogP contribution in [0.1, 0.15) is 30.8 Å². The van der Waals surface area contributed by atoms with E-state index in [1.165, 1.54) is 6.21 Å². The molecule has 0 fully saturated rings. The highest BCUT2D eigenvalue weighted by atomic mass is 16.6. The summed E-state index contributed by atoms with van der Waals surface area (Å²) in [5.74, 6) is 0.135. The summed E-state index contributed by atoms with van der Waals surface area (Å²) in [6.07, 6.45) is 0.795. The SMILES string of the molecule is CCOC(=O)[C@H](C)Oc1ccc(-n2c(C)cc(C=Nn3c(=O)[nH]c4ccccc4c3=O)c2C)cc1. The van der Waals surface area contributed by atoms with E-state index in [-0.39, 0.29) is 0 Å². The van der Waals surface area contributed by atoms with Gasteiger partial charge in [-0.1, -0.05) is 12.1 Å². The Morgan fingerprint density at radius 2 is 1.83 bits per heavy atom. The molecule has 4 aromatic rings. The highest BCUT2D eigenvalue weighted by molar-refractivity contribution is 5.82. The summed E-state index contributed by atoms with van der Waals surface area (Å²) >= 11 is 0. The molecule has 0 saturated heterocycles. The number of nitrogens with zero attached hydrogens (tertiary/aromatic N) is 3. The molecule has 0 aliphatic heterocycles. The lowest BCUT2D eigenvalue weighted by molar-refractivity contribution is -0.150. The van der Waals surface area contributed by atoms with Crippen LogP contribution in [0.4, 0.5) is 0 Å². The Labute approximate surface area is 201 Å². The zero-order chi connectivity index (χ0) is 25.1. The molecule has 0 spiro atoms. The summed E-state index contributed by atoms with van der Waals surface area (Å²) < 4.78 is 13.5. The molecular weight excluding hydrogens is 448 g/mol. The van der Waals surface area contributed by atoms with Crippen LogP contribution in [0.2, 0.25) is 0 Å². The zero-order valence-corrected chi connectivity index (χ0v) is 19.9. The monoisotopic (exact) mass is 474 g/mol. The van der Waals surface area contributed by atoms with Gasteiger partial charge in [-0.25, -0.2) is 9.59 Å². The number of ether oxygens (including phenoxy) is 2. The molecule has 4 rings (SSSR count). The van der Waals surface area contributed by atoms with Crippen molar-refractivity contribution in [1.82, 2.24) is 14.2 Å². The Hall–Kier alpha value is -4.40. The van der Waals surface area contributed by atoms with Crippen LogP contribution in [0.15, 0.2) is 69.3 Å². The van der Waals surface area contributed by atoms with Crippen LogP contribution in [-0.4, -0.2) is 39.1 Å². The molecule has 2 heterocycles. The number of hydrogen-bond donors (Lipinski definition) is 1. The van der Waals surface area contributed by atoms with Gasteiger partial charge in [0.25, 0.3) is 5.56 Å². The van der Waals surface area contributed by atoms with Crippen LogP contribution in [0, 0.1) is 13.8 Å². The number of H-pyrrole nitrogens is 1. The van der Waals surface area contributed by atoms with Gasteiger partial charge in [-0.2, -0.15) is 5.10 Å². The summed E-state index contributed by atoms with van der Waals surface area (Å²) in [6, 6.07) is 16.1. The lowest BCUT2D eigenvalue weighted by Crippen LogP contribution is -2.32. The fraction of sp³-hybridized carbons (Fsp3) is 0.231. The summed E-state index contributed by atoms with van der Waals surface area (Å²) in [6.45, 7) is 7.57. The number of rotatable bonds is 7. The standard InChI is InChI=1S/C26H26N4O5/c1-5-34-25(32)18(4)35-21-12-10-20(11-13-21)29-16(2)14-19(17(29)3)15-27-30-24(31)22-8-6-7-9-23(22)28-26(30)33/h6-15,18H,5H2,1-4H3,(H,28,33)/t18-/m0/s1. The second-order valence-electron chi connectivity index (χ2n) is 8.01. The number of benzene rings is 2. The van der Waals surface area contributed by atoms with Crippen LogP contribution < -0.4 is 16.0 Å². The summed E-state index contributed by atoms with van der Waals surface area (Å²) in [4.78, 5) is 39.6. The lowest BCUT2D eigenvalue weighted by Gasteiger charge is -2.14. The molecule has 2 aromatic heterocycles. The number of aromatic amines is 1. The minimum Gasteiger partial charge on any atom is -0.479 e. The minimum atomic E-state index is -0.708. The van der Waals surface area contributed by atoms with E-state index in [1.807, 2.05) is 36.6 Å². The number of carbonyl (C=O) groups excluding carboxylic acids is 1. The van der Waals surface area contributed by atoms with E-state index in [1.54, 1.807) is 50.2 Å². The number of carbonyl (C=O) groups is 1. The predicted molar refractivity (Wildman–Crippen MR) is 134 cm³/mol. The number of para-hydroxylation sites is 1. The number of aromatic nitrogens is 3. The van der Waals surface area contributed by atoms with Crippen molar-refractivity contribution in [3.8, 4) is 11.4 Å². The molecule has 9 nitrogen and oxygen atoms in total. The Balaban J connectivity index is 1.60. The van der Waals surface area contributed by atoms with Gasteiger partial charge in [0.2, 0.25) is 0 Å². The van der Waals surface area contributed by atoms with Gasteiger partial charge in [-0.15, -0.1) is 4.68 Å². The van der Waals surface area contributed by atoms with E-state index in [4.69, 9.17) is 9.47 Å². The smallest absolute Gasteiger partial charge is 0.349 e. The molecule has 0 unspecified atom stereocenters.